The molecule has 1 amide bonds. The number of amides is 1. The van der Waals surface area contributed by atoms with Crippen LogP contribution < -0.4 is 10.6 Å². The summed E-state index contributed by atoms with van der Waals surface area (Å²) in [6.07, 6.45) is 8.13. The summed E-state index contributed by atoms with van der Waals surface area (Å²) in [5, 5.41) is 6.90. The van der Waals surface area contributed by atoms with Crippen LogP contribution in [0.3, 0.4) is 0 Å². The summed E-state index contributed by atoms with van der Waals surface area (Å²) in [5.41, 5.74) is -0.419. The molecule has 2 aliphatic carbocycles. The molecule has 3 unspecified atom stereocenters. The van der Waals surface area contributed by atoms with E-state index in [9.17, 15) is 4.79 Å². The Hall–Kier alpha value is -0.770. The lowest BCUT2D eigenvalue weighted by atomic mass is 9.78. The van der Waals surface area contributed by atoms with Gasteiger partial charge in [0.25, 0.3) is 0 Å². The third-order valence-electron chi connectivity index (χ3n) is 5.52. The van der Waals surface area contributed by atoms with Crippen LogP contribution in [0.15, 0.2) is 0 Å². The van der Waals surface area contributed by atoms with Crippen LogP contribution in [0.25, 0.3) is 0 Å². The van der Waals surface area contributed by atoms with E-state index in [0.29, 0.717) is 12.1 Å². The van der Waals surface area contributed by atoms with E-state index in [1.165, 1.54) is 19.3 Å². The van der Waals surface area contributed by atoms with Gasteiger partial charge in [0.05, 0.1) is 0 Å². The number of ether oxygens (including phenoxy) is 1. The number of rotatable bonds is 3. The average Bonchev–Trinajstić information content (AvgIpc) is 2.43. The Balaban J connectivity index is 1.67. The maximum Gasteiger partial charge on any atom is 0.407 e. The minimum Gasteiger partial charge on any atom is -0.444 e. The molecule has 4 heteroatoms. The highest BCUT2D eigenvalue weighted by atomic mass is 16.6. The highest BCUT2D eigenvalue weighted by Gasteiger charge is 2.29. The Morgan fingerprint density at radius 2 is 1.43 bits per heavy atom. The minimum absolute atomic E-state index is 0.271. The molecule has 23 heavy (non-hydrogen) atoms. The van der Waals surface area contributed by atoms with E-state index in [4.69, 9.17) is 4.74 Å². The first-order chi connectivity index (χ1) is 10.7. The normalized spacial score (nSPS) is 35.6. The standard InChI is InChI=1S/C19H36N2O2/c1-13-6-7-17(12-14(13)2)20-15-8-10-16(11-9-15)21-18(22)23-19(3,4)5/h13-17,20H,6-12H2,1-5H3,(H,21,22). The molecule has 0 spiro atoms. The molecule has 0 aliphatic heterocycles. The molecule has 0 aromatic rings. The van der Waals surface area contributed by atoms with Crippen LogP contribution in [0, 0.1) is 11.8 Å². The zero-order chi connectivity index (χ0) is 17.0. The maximum atomic E-state index is 11.8. The fraction of sp³-hybridized carbons (Fsp3) is 0.947. The number of carbonyl (C=O) groups is 1. The van der Waals surface area contributed by atoms with Gasteiger partial charge in [-0.3, -0.25) is 0 Å². The van der Waals surface area contributed by atoms with E-state index in [1.54, 1.807) is 0 Å². The monoisotopic (exact) mass is 324 g/mol. The van der Waals surface area contributed by atoms with Gasteiger partial charge in [-0.15, -0.1) is 0 Å². The first-order valence-electron chi connectivity index (χ1n) is 9.48. The van der Waals surface area contributed by atoms with Crippen molar-refractivity contribution in [2.45, 2.75) is 103 Å². The molecular formula is C19H36N2O2. The van der Waals surface area contributed by atoms with Gasteiger partial charge in [-0.25, -0.2) is 4.79 Å². The molecule has 0 bridgehead atoms. The Bertz CT molecular complexity index is 383. The summed E-state index contributed by atoms with van der Waals surface area (Å²) in [4.78, 5) is 11.8. The van der Waals surface area contributed by atoms with Crippen LogP contribution in [-0.2, 0) is 4.74 Å². The Labute approximate surface area is 142 Å². The van der Waals surface area contributed by atoms with E-state index in [2.05, 4.69) is 24.5 Å². The van der Waals surface area contributed by atoms with E-state index >= 15 is 0 Å². The summed E-state index contributed by atoms with van der Waals surface area (Å²) in [7, 11) is 0. The third-order valence-corrected chi connectivity index (χ3v) is 5.52. The van der Waals surface area contributed by atoms with Gasteiger partial charge in [0, 0.05) is 18.1 Å². The molecular weight excluding hydrogens is 288 g/mol. The zero-order valence-electron chi connectivity index (χ0n) is 15.7. The van der Waals surface area contributed by atoms with Crippen molar-refractivity contribution in [2.24, 2.45) is 11.8 Å². The van der Waals surface area contributed by atoms with E-state index in [1.807, 2.05) is 20.8 Å². The summed E-state index contributed by atoms with van der Waals surface area (Å²) in [6.45, 7) is 10.5. The van der Waals surface area contributed by atoms with Crippen molar-refractivity contribution in [2.75, 3.05) is 0 Å². The molecule has 2 rings (SSSR count). The van der Waals surface area contributed by atoms with Crippen LogP contribution in [0.2, 0.25) is 0 Å². The molecule has 2 fully saturated rings. The van der Waals surface area contributed by atoms with Gasteiger partial charge in [0.1, 0.15) is 5.60 Å². The zero-order valence-corrected chi connectivity index (χ0v) is 15.7. The van der Waals surface area contributed by atoms with Crippen molar-refractivity contribution in [1.82, 2.24) is 10.6 Å². The van der Waals surface area contributed by atoms with Crippen molar-refractivity contribution in [3.8, 4) is 0 Å². The lowest BCUT2D eigenvalue weighted by Crippen LogP contribution is -2.47. The number of nitrogens with one attached hydrogen (secondary N) is 2. The molecule has 0 aromatic carbocycles. The number of hydrogen-bond donors (Lipinski definition) is 2. The van der Waals surface area contributed by atoms with Crippen LogP contribution >= 0.6 is 0 Å². The van der Waals surface area contributed by atoms with Gasteiger partial charge < -0.3 is 15.4 Å². The molecule has 2 aliphatic rings. The largest absolute Gasteiger partial charge is 0.444 e. The first-order valence-corrected chi connectivity index (χ1v) is 9.48. The van der Waals surface area contributed by atoms with Crippen LogP contribution in [0.1, 0.15) is 79.6 Å². The predicted octanol–water partition coefficient (Wildman–Crippen LogP) is 4.24. The second-order valence-corrected chi connectivity index (χ2v) is 8.83. The summed E-state index contributed by atoms with van der Waals surface area (Å²) in [5.74, 6) is 1.72. The maximum absolute atomic E-state index is 11.8. The van der Waals surface area contributed by atoms with Gasteiger partial charge >= 0.3 is 6.09 Å². The van der Waals surface area contributed by atoms with Crippen molar-refractivity contribution in [3.63, 3.8) is 0 Å². The summed E-state index contributed by atoms with van der Waals surface area (Å²) in [6, 6.07) is 1.59. The lowest BCUT2D eigenvalue weighted by molar-refractivity contribution is 0.0488. The van der Waals surface area contributed by atoms with Crippen molar-refractivity contribution >= 4 is 6.09 Å². The average molecular weight is 325 g/mol. The molecule has 0 heterocycles. The molecule has 0 aromatic heterocycles. The molecule has 4 nitrogen and oxygen atoms in total. The van der Waals surface area contributed by atoms with Crippen molar-refractivity contribution < 1.29 is 9.53 Å². The Morgan fingerprint density at radius 1 is 0.870 bits per heavy atom. The topological polar surface area (TPSA) is 50.4 Å². The fourth-order valence-electron chi connectivity index (χ4n) is 3.91. The van der Waals surface area contributed by atoms with Crippen molar-refractivity contribution in [1.29, 1.82) is 0 Å². The molecule has 2 saturated carbocycles. The number of carbonyl (C=O) groups excluding carboxylic acids is 1. The molecule has 0 radical (unpaired) electrons. The Morgan fingerprint density at radius 3 is 2.00 bits per heavy atom. The molecule has 2 N–H and O–H groups in total. The highest BCUT2D eigenvalue weighted by Crippen LogP contribution is 2.30. The second kappa shape index (κ2) is 7.87. The van der Waals surface area contributed by atoms with E-state index in [-0.39, 0.29) is 12.1 Å². The molecule has 134 valence electrons. The summed E-state index contributed by atoms with van der Waals surface area (Å²) < 4.78 is 5.34. The molecule has 0 saturated heterocycles. The second-order valence-electron chi connectivity index (χ2n) is 8.83. The SMILES string of the molecule is CC1CCC(NC2CCC(NC(=O)OC(C)(C)C)CC2)CC1C. The lowest BCUT2D eigenvalue weighted by Gasteiger charge is -2.37. The summed E-state index contributed by atoms with van der Waals surface area (Å²) >= 11 is 0. The highest BCUT2D eigenvalue weighted by molar-refractivity contribution is 5.68. The predicted molar refractivity (Wildman–Crippen MR) is 94.5 cm³/mol. The molecule has 3 atom stereocenters. The van der Waals surface area contributed by atoms with Gasteiger partial charge in [-0.2, -0.15) is 0 Å². The van der Waals surface area contributed by atoms with E-state index < -0.39 is 5.60 Å². The van der Waals surface area contributed by atoms with Gasteiger partial charge in [0.15, 0.2) is 0 Å². The Kier molecular flexibility index (Phi) is 6.35. The number of hydrogen-bond acceptors (Lipinski definition) is 3. The minimum atomic E-state index is -0.419. The van der Waals surface area contributed by atoms with Gasteiger partial charge in [-0.1, -0.05) is 13.8 Å². The van der Waals surface area contributed by atoms with Crippen LogP contribution in [0.4, 0.5) is 4.79 Å². The third kappa shape index (κ3) is 6.33. The van der Waals surface area contributed by atoms with Gasteiger partial charge in [0.2, 0.25) is 0 Å². The smallest absolute Gasteiger partial charge is 0.407 e. The number of alkyl carbamates (subject to hydrolysis) is 1. The van der Waals surface area contributed by atoms with Gasteiger partial charge in [-0.05, 0) is 77.6 Å². The fourth-order valence-corrected chi connectivity index (χ4v) is 3.91. The quantitative estimate of drug-likeness (QED) is 0.816. The first kappa shape index (κ1) is 18.6. The van der Waals surface area contributed by atoms with Crippen LogP contribution in [-0.4, -0.2) is 29.8 Å². The van der Waals surface area contributed by atoms with Crippen LogP contribution in [0.5, 0.6) is 0 Å². The van der Waals surface area contributed by atoms with Crippen molar-refractivity contribution in [3.05, 3.63) is 0 Å². The van der Waals surface area contributed by atoms with E-state index in [0.717, 1.165) is 37.5 Å².